The number of ether oxygens (including phenoxy) is 3. The van der Waals surface area contributed by atoms with E-state index >= 15 is 0 Å². The van der Waals surface area contributed by atoms with Crippen LogP contribution in [-0.4, -0.2) is 37.4 Å². The van der Waals surface area contributed by atoms with Crippen molar-refractivity contribution in [2.24, 2.45) is 0 Å². The molecule has 1 saturated carbocycles. The minimum atomic E-state index is -0.210. The largest absolute Gasteiger partial charge is 0.497 e. The molecule has 5 heteroatoms. The number of esters is 1. The maximum Gasteiger partial charge on any atom is 0.310 e. The molecule has 1 aromatic heterocycles. The molecule has 2 atom stereocenters. The van der Waals surface area contributed by atoms with E-state index in [2.05, 4.69) is 4.98 Å². The van der Waals surface area contributed by atoms with Crippen molar-refractivity contribution >= 4 is 16.9 Å². The molecule has 0 bridgehead atoms. The fourth-order valence-electron chi connectivity index (χ4n) is 3.09. The molecule has 118 valence electrons. The summed E-state index contributed by atoms with van der Waals surface area (Å²) in [6, 6.07) is 5.77. The first-order valence-corrected chi connectivity index (χ1v) is 7.57. The Balaban J connectivity index is 1.71. The van der Waals surface area contributed by atoms with Gasteiger partial charge in [0.25, 0.3) is 0 Å². The van der Waals surface area contributed by atoms with Crippen LogP contribution in [-0.2, 0) is 20.7 Å². The summed E-state index contributed by atoms with van der Waals surface area (Å²) in [6.07, 6.45) is 4.91. The number of hydrogen-bond acceptors (Lipinski definition) is 4. The average molecular weight is 303 g/mol. The van der Waals surface area contributed by atoms with Gasteiger partial charge in [0.15, 0.2) is 0 Å². The average Bonchev–Trinajstić information content (AvgIpc) is 3.13. The van der Waals surface area contributed by atoms with E-state index in [0.717, 1.165) is 41.5 Å². The van der Waals surface area contributed by atoms with Gasteiger partial charge in [-0.15, -0.1) is 0 Å². The van der Waals surface area contributed by atoms with Gasteiger partial charge in [-0.3, -0.25) is 4.79 Å². The zero-order valence-corrected chi connectivity index (χ0v) is 12.9. The number of aromatic amines is 1. The molecule has 0 spiro atoms. The van der Waals surface area contributed by atoms with Crippen molar-refractivity contribution in [1.82, 2.24) is 4.98 Å². The van der Waals surface area contributed by atoms with Crippen LogP contribution in [0.25, 0.3) is 10.9 Å². The number of nitrogens with one attached hydrogen (secondary N) is 1. The number of aromatic nitrogens is 1. The standard InChI is InChI=1S/C17H21NO4/c1-20-12-6-7-14-13(9-12)11(10-18-14)8-17(19)22-16-5-3-4-15(16)21-2/h6-7,9-10,15-16,18H,3-5,8H2,1-2H3. The maximum absolute atomic E-state index is 12.2. The van der Waals surface area contributed by atoms with E-state index in [1.807, 2.05) is 24.4 Å². The number of carbonyl (C=O) groups excluding carboxylic acids is 1. The van der Waals surface area contributed by atoms with Crippen LogP contribution >= 0.6 is 0 Å². The first kappa shape index (κ1) is 14.9. The van der Waals surface area contributed by atoms with Gasteiger partial charge in [0.1, 0.15) is 11.9 Å². The fraction of sp³-hybridized carbons (Fsp3) is 0.471. The highest BCUT2D eigenvalue weighted by atomic mass is 16.6. The molecule has 0 aliphatic heterocycles. The quantitative estimate of drug-likeness (QED) is 0.863. The summed E-state index contributed by atoms with van der Waals surface area (Å²) in [5.41, 5.74) is 1.91. The number of fused-ring (bicyclic) bond motifs is 1. The minimum Gasteiger partial charge on any atom is -0.497 e. The van der Waals surface area contributed by atoms with Gasteiger partial charge in [-0.25, -0.2) is 0 Å². The number of H-pyrrole nitrogens is 1. The summed E-state index contributed by atoms with van der Waals surface area (Å²) in [6.45, 7) is 0. The van der Waals surface area contributed by atoms with E-state index in [-0.39, 0.29) is 24.6 Å². The lowest BCUT2D eigenvalue weighted by atomic mass is 10.1. The van der Waals surface area contributed by atoms with Crippen LogP contribution in [0, 0.1) is 0 Å². The molecule has 22 heavy (non-hydrogen) atoms. The van der Waals surface area contributed by atoms with Crippen LogP contribution in [0.2, 0.25) is 0 Å². The normalized spacial score (nSPS) is 21.2. The van der Waals surface area contributed by atoms with Gasteiger partial charge in [-0.1, -0.05) is 0 Å². The molecule has 1 aliphatic rings. The predicted octanol–water partition coefficient (Wildman–Crippen LogP) is 2.83. The maximum atomic E-state index is 12.2. The first-order chi connectivity index (χ1) is 10.7. The Kier molecular flexibility index (Phi) is 4.34. The second-order valence-corrected chi connectivity index (χ2v) is 5.64. The summed E-state index contributed by atoms with van der Waals surface area (Å²) >= 11 is 0. The smallest absolute Gasteiger partial charge is 0.310 e. The van der Waals surface area contributed by atoms with Gasteiger partial charge in [-0.2, -0.15) is 0 Å². The van der Waals surface area contributed by atoms with Gasteiger partial charge < -0.3 is 19.2 Å². The van der Waals surface area contributed by atoms with Crippen molar-refractivity contribution in [3.8, 4) is 5.75 Å². The van der Waals surface area contributed by atoms with Crippen LogP contribution in [0.4, 0.5) is 0 Å². The van der Waals surface area contributed by atoms with Crippen molar-refractivity contribution < 1.29 is 19.0 Å². The van der Waals surface area contributed by atoms with Gasteiger partial charge >= 0.3 is 5.97 Å². The zero-order valence-electron chi connectivity index (χ0n) is 12.9. The van der Waals surface area contributed by atoms with E-state index in [0.29, 0.717) is 0 Å². The Morgan fingerprint density at radius 2 is 2.09 bits per heavy atom. The second kappa shape index (κ2) is 6.40. The Hall–Kier alpha value is -2.01. The molecule has 0 amide bonds. The third kappa shape index (κ3) is 2.95. The fourth-order valence-corrected chi connectivity index (χ4v) is 3.09. The third-order valence-electron chi connectivity index (χ3n) is 4.29. The SMILES string of the molecule is COc1ccc2[nH]cc(CC(=O)OC3CCCC3OC)c2c1. The van der Waals surface area contributed by atoms with Crippen LogP contribution in [0.15, 0.2) is 24.4 Å². The van der Waals surface area contributed by atoms with Crippen molar-refractivity contribution in [3.05, 3.63) is 30.0 Å². The summed E-state index contributed by atoms with van der Waals surface area (Å²) in [5.74, 6) is 0.564. The molecule has 1 aromatic carbocycles. The third-order valence-corrected chi connectivity index (χ3v) is 4.29. The van der Waals surface area contributed by atoms with Crippen molar-refractivity contribution in [2.45, 2.75) is 37.9 Å². The molecule has 1 N–H and O–H groups in total. The number of benzene rings is 1. The van der Waals surface area contributed by atoms with Crippen molar-refractivity contribution in [2.75, 3.05) is 14.2 Å². The van der Waals surface area contributed by atoms with Crippen molar-refractivity contribution in [3.63, 3.8) is 0 Å². The first-order valence-electron chi connectivity index (χ1n) is 7.57. The Morgan fingerprint density at radius 1 is 1.27 bits per heavy atom. The zero-order chi connectivity index (χ0) is 15.5. The van der Waals surface area contributed by atoms with E-state index in [1.165, 1.54) is 0 Å². The van der Waals surface area contributed by atoms with E-state index in [1.54, 1.807) is 14.2 Å². The van der Waals surface area contributed by atoms with Crippen LogP contribution < -0.4 is 4.74 Å². The van der Waals surface area contributed by atoms with E-state index in [4.69, 9.17) is 14.2 Å². The van der Waals surface area contributed by atoms with Gasteiger partial charge in [-0.05, 0) is 43.0 Å². The molecule has 0 saturated heterocycles. The molecule has 0 radical (unpaired) electrons. The highest BCUT2D eigenvalue weighted by molar-refractivity contribution is 5.88. The molecule has 1 aliphatic carbocycles. The Labute approximate surface area is 129 Å². The van der Waals surface area contributed by atoms with Crippen LogP contribution in [0.3, 0.4) is 0 Å². The monoisotopic (exact) mass is 303 g/mol. The molecule has 2 aromatic rings. The van der Waals surface area contributed by atoms with Gasteiger partial charge in [0.05, 0.1) is 19.6 Å². The topological polar surface area (TPSA) is 60.6 Å². The lowest BCUT2D eigenvalue weighted by Crippen LogP contribution is -2.28. The number of hydrogen-bond donors (Lipinski definition) is 1. The Morgan fingerprint density at radius 3 is 2.86 bits per heavy atom. The summed E-state index contributed by atoms with van der Waals surface area (Å²) in [7, 11) is 3.30. The molecule has 5 nitrogen and oxygen atoms in total. The molecule has 1 heterocycles. The summed E-state index contributed by atoms with van der Waals surface area (Å²) in [4.78, 5) is 15.4. The number of rotatable bonds is 5. The second-order valence-electron chi connectivity index (χ2n) is 5.64. The lowest BCUT2D eigenvalue weighted by molar-refractivity contribution is -0.153. The predicted molar refractivity (Wildman–Crippen MR) is 83.1 cm³/mol. The van der Waals surface area contributed by atoms with Crippen molar-refractivity contribution in [1.29, 1.82) is 0 Å². The molecular formula is C17H21NO4. The van der Waals surface area contributed by atoms with Crippen LogP contribution in [0.5, 0.6) is 5.75 Å². The molecular weight excluding hydrogens is 282 g/mol. The highest BCUT2D eigenvalue weighted by Gasteiger charge is 2.30. The number of carbonyl (C=O) groups is 1. The molecule has 3 rings (SSSR count). The molecule has 1 fully saturated rings. The number of methoxy groups -OCH3 is 2. The van der Waals surface area contributed by atoms with Gasteiger partial charge in [0.2, 0.25) is 0 Å². The van der Waals surface area contributed by atoms with E-state index < -0.39 is 0 Å². The molecule has 2 unspecified atom stereocenters. The van der Waals surface area contributed by atoms with Crippen LogP contribution in [0.1, 0.15) is 24.8 Å². The lowest BCUT2D eigenvalue weighted by Gasteiger charge is -2.18. The van der Waals surface area contributed by atoms with E-state index in [9.17, 15) is 4.79 Å². The van der Waals surface area contributed by atoms with Gasteiger partial charge in [0, 0.05) is 24.2 Å². The summed E-state index contributed by atoms with van der Waals surface area (Å²) in [5, 5.41) is 0.992. The highest BCUT2D eigenvalue weighted by Crippen LogP contribution is 2.27. The minimum absolute atomic E-state index is 0.0343. The Bertz CT molecular complexity index is 664. The summed E-state index contributed by atoms with van der Waals surface area (Å²) < 4.78 is 16.2.